The van der Waals surface area contributed by atoms with E-state index in [1.165, 1.54) is 0 Å². The third-order valence-electron chi connectivity index (χ3n) is 4.99. The molecule has 1 N–H and O–H groups in total. The third kappa shape index (κ3) is 4.64. The number of guanidine groups is 1. The van der Waals surface area contributed by atoms with Gasteiger partial charge >= 0.3 is 0 Å². The number of benzene rings is 1. The van der Waals surface area contributed by atoms with Crippen LogP contribution in [0.2, 0.25) is 0 Å². The Bertz CT molecular complexity index is 821. The minimum Gasteiger partial charge on any atom is -0.493 e. The molecule has 29 heavy (non-hydrogen) atoms. The summed E-state index contributed by atoms with van der Waals surface area (Å²) in [6, 6.07) is 9.86. The molecule has 1 aromatic carbocycles. The van der Waals surface area contributed by atoms with Gasteiger partial charge in [0.05, 0.1) is 21.3 Å². The second-order valence-corrected chi connectivity index (χ2v) is 6.56. The van der Waals surface area contributed by atoms with E-state index in [2.05, 4.69) is 25.1 Å². The van der Waals surface area contributed by atoms with Crippen LogP contribution >= 0.6 is 0 Å². The van der Waals surface area contributed by atoms with Crippen molar-refractivity contribution in [1.29, 1.82) is 0 Å². The first-order valence-electron chi connectivity index (χ1n) is 9.61. The number of anilines is 1. The van der Waals surface area contributed by atoms with E-state index in [4.69, 9.17) is 14.2 Å². The van der Waals surface area contributed by atoms with Crippen LogP contribution in [0.15, 0.2) is 41.5 Å². The molecule has 8 nitrogen and oxygen atoms in total. The Labute approximate surface area is 172 Å². The van der Waals surface area contributed by atoms with Crippen LogP contribution < -0.4 is 24.4 Å². The standard InChI is InChI=1S/C21H29N5O3/c1-22-21(26-13-11-25(12-14-26)18-7-5-6-10-23-18)24-15-16-8-9-17(27-2)20(29-4)19(16)28-3/h5-10H,11-15H2,1-4H3,(H,22,24). The third-order valence-corrected chi connectivity index (χ3v) is 4.99. The maximum absolute atomic E-state index is 5.57. The van der Waals surface area contributed by atoms with Gasteiger partial charge < -0.3 is 29.3 Å². The zero-order valence-electron chi connectivity index (χ0n) is 17.5. The number of ether oxygens (including phenoxy) is 3. The number of nitrogens with one attached hydrogen (secondary N) is 1. The molecule has 1 aliphatic heterocycles. The summed E-state index contributed by atoms with van der Waals surface area (Å²) in [6.45, 7) is 4.12. The number of rotatable bonds is 6. The summed E-state index contributed by atoms with van der Waals surface area (Å²) in [7, 11) is 6.66. The summed E-state index contributed by atoms with van der Waals surface area (Å²) in [5.41, 5.74) is 0.971. The summed E-state index contributed by atoms with van der Waals surface area (Å²) in [4.78, 5) is 13.4. The van der Waals surface area contributed by atoms with Crippen LogP contribution in [0.4, 0.5) is 5.82 Å². The van der Waals surface area contributed by atoms with Crippen LogP contribution in [0.5, 0.6) is 17.2 Å². The Morgan fingerprint density at radius 1 is 1.00 bits per heavy atom. The van der Waals surface area contributed by atoms with Gasteiger partial charge in [0.15, 0.2) is 17.5 Å². The second kappa shape index (κ2) is 9.86. The molecule has 1 aromatic heterocycles. The molecule has 2 heterocycles. The highest BCUT2D eigenvalue weighted by Gasteiger charge is 2.21. The van der Waals surface area contributed by atoms with Crippen LogP contribution in [0.1, 0.15) is 5.56 Å². The first kappa shape index (κ1) is 20.6. The van der Waals surface area contributed by atoms with Crippen molar-refractivity contribution < 1.29 is 14.2 Å². The molecule has 0 bridgehead atoms. The molecule has 0 amide bonds. The van der Waals surface area contributed by atoms with Crippen LogP contribution in [0.25, 0.3) is 0 Å². The van der Waals surface area contributed by atoms with E-state index in [1.807, 2.05) is 36.5 Å². The molecule has 1 saturated heterocycles. The zero-order valence-corrected chi connectivity index (χ0v) is 17.5. The molecule has 0 atom stereocenters. The van der Waals surface area contributed by atoms with E-state index in [9.17, 15) is 0 Å². The smallest absolute Gasteiger partial charge is 0.203 e. The van der Waals surface area contributed by atoms with Crippen LogP contribution in [0.3, 0.4) is 0 Å². The fourth-order valence-corrected chi connectivity index (χ4v) is 3.50. The molecule has 2 aromatic rings. The number of methoxy groups -OCH3 is 3. The lowest BCUT2D eigenvalue weighted by Gasteiger charge is -2.37. The van der Waals surface area contributed by atoms with Crippen LogP contribution in [0, 0.1) is 0 Å². The average molecular weight is 399 g/mol. The first-order chi connectivity index (χ1) is 14.2. The molecule has 8 heteroatoms. The van der Waals surface area contributed by atoms with Gasteiger partial charge in [0.25, 0.3) is 0 Å². The lowest BCUT2D eigenvalue weighted by Crippen LogP contribution is -2.52. The van der Waals surface area contributed by atoms with Crippen molar-refractivity contribution in [2.45, 2.75) is 6.54 Å². The summed E-state index contributed by atoms with van der Waals surface area (Å²) in [6.07, 6.45) is 1.83. The van der Waals surface area contributed by atoms with E-state index in [-0.39, 0.29) is 0 Å². The SMILES string of the molecule is CN=C(NCc1ccc(OC)c(OC)c1OC)N1CCN(c2ccccn2)CC1. The van der Waals surface area contributed by atoms with Gasteiger partial charge in [0.2, 0.25) is 5.75 Å². The Balaban J connectivity index is 1.63. The Morgan fingerprint density at radius 3 is 2.34 bits per heavy atom. The van der Waals surface area contributed by atoms with Crippen molar-refractivity contribution in [1.82, 2.24) is 15.2 Å². The molecule has 0 saturated carbocycles. The Kier molecular flexibility index (Phi) is 6.99. The molecule has 0 aliphatic carbocycles. The van der Waals surface area contributed by atoms with Crippen molar-refractivity contribution >= 4 is 11.8 Å². The minimum absolute atomic E-state index is 0.566. The number of piperazine rings is 1. The fourth-order valence-electron chi connectivity index (χ4n) is 3.50. The van der Waals surface area contributed by atoms with Gasteiger partial charge in [-0.3, -0.25) is 4.99 Å². The Morgan fingerprint density at radius 2 is 1.76 bits per heavy atom. The summed E-state index contributed by atoms with van der Waals surface area (Å²) >= 11 is 0. The van der Waals surface area contributed by atoms with Crippen LogP contribution in [-0.4, -0.2) is 70.4 Å². The molecular weight excluding hydrogens is 370 g/mol. The predicted molar refractivity (Wildman–Crippen MR) is 114 cm³/mol. The molecule has 1 fully saturated rings. The quantitative estimate of drug-likeness (QED) is 0.588. The van der Waals surface area contributed by atoms with Gasteiger partial charge in [-0.15, -0.1) is 0 Å². The predicted octanol–water partition coefficient (Wildman–Crippen LogP) is 2.00. The zero-order chi connectivity index (χ0) is 20.6. The molecule has 0 unspecified atom stereocenters. The summed E-state index contributed by atoms with van der Waals surface area (Å²) in [5.74, 6) is 3.78. The van der Waals surface area contributed by atoms with Gasteiger partial charge in [-0.1, -0.05) is 6.07 Å². The van der Waals surface area contributed by atoms with E-state index in [1.54, 1.807) is 28.4 Å². The van der Waals surface area contributed by atoms with Crippen LogP contribution in [-0.2, 0) is 6.54 Å². The summed E-state index contributed by atoms with van der Waals surface area (Å²) < 4.78 is 16.4. The Hall–Kier alpha value is -3.16. The maximum atomic E-state index is 5.57. The lowest BCUT2D eigenvalue weighted by atomic mass is 10.1. The van der Waals surface area contributed by atoms with Crippen molar-refractivity contribution in [3.8, 4) is 17.2 Å². The molecular formula is C21H29N5O3. The number of hydrogen-bond acceptors (Lipinski definition) is 6. The van der Waals surface area contributed by atoms with Crippen molar-refractivity contribution in [3.05, 3.63) is 42.1 Å². The van der Waals surface area contributed by atoms with Crippen molar-refractivity contribution in [2.24, 2.45) is 4.99 Å². The number of hydrogen-bond donors (Lipinski definition) is 1. The van der Waals surface area contributed by atoms with Gasteiger partial charge in [-0.25, -0.2) is 4.98 Å². The largest absolute Gasteiger partial charge is 0.493 e. The topological polar surface area (TPSA) is 71.5 Å². The minimum atomic E-state index is 0.566. The molecule has 0 radical (unpaired) electrons. The number of nitrogens with zero attached hydrogens (tertiary/aromatic N) is 4. The van der Waals surface area contributed by atoms with Gasteiger partial charge in [-0.2, -0.15) is 0 Å². The molecule has 0 spiro atoms. The normalized spacial score (nSPS) is 14.6. The highest BCUT2D eigenvalue weighted by atomic mass is 16.5. The molecule has 3 rings (SSSR count). The van der Waals surface area contributed by atoms with E-state index < -0.39 is 0 Å². The second-order valence-electron chi connectivity index (χ2n) is 6.56. The van der Waals surface area contributed by atoms with Gasteiger partial charge in [0.1, 0.15) is 5.82 Å². The average Bonchev–Trinajstić information content (AvgIpc) is 2.79. The number of aliphatic imine (C=N–C) groups is 1. The fraction of sp³-hybridized carbons (Fsp3) is 0.429. The highest BCUT2D eigenvalue weighted by molar-refractivity contribution is 5.80. The monoisotopic (exact) mass is 399 g/mol. The lowest BCUT2D eigenvalue weighted by molar-refractivity contribution is 0.321. The van der Waals surface area contributed by atoms with E-state index in [0.29, 0.717) is 23.8 Å². The van der Waals surface area contributed by atoms with Gasteiger partial charge in [0, 0.05) is 51.5 Å². The van der Waals surface area contributed by atoms with Crippen molar-refractivity contribution in [3.63, 3.8) is 0 Å². The maximum Gasteiger partial charge on any atom is 0.203 e. The van der Waals surface area contributed by atoms with Gasteiger partial charge in [-0.05, 0) is 24.3 Å². The van der Waals surface area contributed by atoms with E-state index >= 15 is 0 Å². The number of aromatic nitrogens is 1. The van der Waals surface area contributed by atoms with Crippen molar-refractivity contribution in [2.75, 3.05) is 59.5 Å². The highest BCUT2D eigenvalue weighted by Crippen LogP contribution is 2.39. The van der Waals surface area contributed by atoms with E-state index in [0.717, 1.165) is 43.5 Å². The number of pyridine rings is 1. The molecule has 1 aliphatic rings. The summed E-state index contributed by atoms with van der Waals surface area (Å²) in [5, 5.41) is 3.44. The first-order valence-corrected chi connectivity index (χ1v) is 9.61. The molecule has 156 valence electrons.